The second-order valence-corrected chi connectivity index (χ2v) is 6.75. The van der Waals surface area contributed by atoms with Gasteiger partial charge in [0.1, 0.15) is 5.75 Å². The maximum absolute atomic E-state index is 12.5. The zero-order chi connectivity index (χ0) is 17.9. The van der Waals surface area contributed by atoms with Crippen LogP contribution in [0.25, 0.3) is 10.9 Å². The number of fused-ring (bicyclic) bond motifs is 2. The molecule has 5 nitrogen and oxygen atoms in total. The molecule has 1 heterocycles. The lowest BCUT2D eigenvalue weighted by atomic mass is 9.88. The molecule has 0 bridgehead atoms. The zero-order valence-corrected chi connectivity index (χ0v) is 14.9. The van der Waals surface area contributed by atoms with Gasteiger partial charge in [-0.05, 0) is 48.6 Å². The summed E-state index contributed by atoms with van der Waals surface area (Å²) in [4.78, 5) is 12.5. The highest BCUT2D eigenvalue weighted by Gasteiger charge is 2.21. The molecule has 134 valence electrons. The Morgan fingerprint density at radius 3 is 3.08 bits per heavy atom. The molecule has 4 rings (SSSR count). The third-order valence-corrected chi connectivity index (χ3v) is 5.10. The summed E-state index contributed by atoms with van der Waals surface area (Å²) in [7, 11) is 1.65. The molecular formula is C21H23N3O2. The van der Waals surface area contributed by atoms with Gasteiger partial charge in [0.15, 0.2) is 0 Å². The first kappa shape index (κ1) is 16.6. The number of aryl methyl sites for hydroxylation is 2. The zero-order valence-electron chi connectivity index (χ0n) is 14.9. The summed E-state index contributed by atoms with van der Waals surface area (Å²) >= 11 is 0. The second-order valence-electron chi connectivity index (χ2n) is 6.75. The largest absolute Gasteiger partial charge is 0.497 e. The molecule has 1 aromatic heterocycles. The lowest BCUT2D eigenvalue weighted by Crippen LogP contribution is -2.31. The average Bonchev–Trinajstić information content (AvgIpc) is 3.09. The molecule has 1 unspecified atom stereocenters. The fourth-order valence-corrected chi connectivity index (χ4v) is 3.75. The Balaban J connectivity index is 1.41. The first-order chi connectivity index (χ1) is 12.7. The van der Waals surface area contributed by atoms with Gasteiger partial charge >= 0.3 is 0 Å². The van der Waals surface area contributed by atoms with Crippen molar-refractivity contribution in [1.82, 2.24) is 15.1 Å². The van der Waals surface area contributed by atoms with Crippen molar-refractivity contribution >= 4 is 16.8 Å². The molecule has 1 aliphatic carbocycles. The van der Waals surface area contributed by atoms with Crippen molar-refractivity contribution in [3.05, 3.63) is 59.8 Å². The van der Waals surface area contributed by atoms with Gasteiger partial charge in [0, 0.05) is 11.8 Å². The molecule has 1 N–H and O–H groups in total. The van der Waals surface area contributed by atoms with Gasteiger partial charge < -0.3 is 10.1 Å². The molecule has 1 aliphatic rings. The van der Waals surface area contributed by atoms with Crippen LogP contribution in [0.3, 0.4) is 0 Å². The number of benzene rings is 2. The van der Waals surface area contributed by atoms with E-state index in [0.29, 0.717) is 13.0 Å². The highest BCUT2D eigenvalue weighted by Crippen LogP contribution is 2.29. The Hall–Kier alpha value is -2.82. The van der Waals surface area contributed by atoms with Crippen LogP contribution >= 0.6 is 0 Å². The van der Waals surface area contributed by atoms with Gasteiger partial charge in [-0.1, -0.05) is 24.3 Å². The van der Waals surface area contributed by atoms with Crippen LogP contribution in [0.5, 0.6) is 5.75 Å². The average molecular weight is 349 g/mol. The SMILES string of the molecule is COc1ccc2c(cnn2CCC(=O)NC2CCCc3ccccc32)c1. The van der Waals surface area contributed by atoms with Crippen molar-refractivity contribution in [3.8, 4) is 5.75 Å². The van der Waals surface area contributed by atoms with E-state index in [0.717, 1.165) is 35.9 Å². The van der Waals surface area contributed by atoms with E-state index in [1.54, 1.807) is 7.11 Å². The van der Waals surface area contributed by atoms with E-state index in [1.807, 2.05) is 35.1 Å². The standard InChI is InChI=1S/C21H23N3O2/c1-26-17-9-10-20-16(13-17)14-22-24(20)12-11-21(25)23-19-8-4-6-15-5-2-3-7-18(15)19/h2-3,5,7,9-10,13-14,19H,4,6,8,11-12H2,1H3,(H,23,25). The summed E-state index contributed by atoms with van der Waals surface area (Å²) in [5.74, 6) is 0.884. The predicted molar refractivity (Wildman–Crippen MR) is 101 cm³/mol. The number of carbonyl (C=O) groups excluding carboxylic acids is 1. The van der Waals surface area contributed by atoms with Crippen molar-refractivity contribution in [2.75, 3.05) is 7.11 Å². The number of rotatable bonds is 5. The quantitative estimate of drug-likeness (QED) is 0.765. The summed E-state index contributed by atoms with van der Waals surface area (Å²) in [5.41, 5.74) is 3.64. The number of carbonyl (C=O) groups is 1. The Morgan fingerprint density at radius 1 is 1.31 bits per heavy atom. The van der Waals surface area contributed by atoms with Crippen molar-refractivity contribution in [1.29, 1.82) is 0 Å². The van der Waals surface area contributed by atoms with E-state index in [4.69, 9.17) is 4.74 Å². The lowest BCUT2D eigenvalue weighted by Gasteiger charge is -2.26. The van der Waals surface area contributed by atoms with E-state index in [2.05, 4.69) is 28.6 Å². The van der Waals surface area contributed by atoms with E-state index in [9.17, 15) is 4.79 Å². The highest BCUT2D eigenvalue weighted by atomic mass is 16.5. The molecule has 2 aromatic carbocycles. The van der Waals surface area contributed by atoms with Gasteiger partial charge in [0.05, 0.1) is 31.4 Å². The second kappa shape index (κ2) is 7.20. The minimum atomic E-state index is 0.0730. The van der Waals surface area contributed by atoms with Crippen molar-refractivity contribution in [2.24, 2.45) is 0 Å². The summed E-state index contributed by atoms with van der Waals surface area (Å²) in [5, 5.41) is 8.63. The van der Waals surface area contributed by atoms with Gasteiger partial charge in [-0.25, -0.2) is 0 Å². The van der Waals surface area contributed by atoms with E-state index in [-0.39, 0.29) is 11.9 Å². The Morgan fingerprint density at radius 2 is 2.19 bits per heavy atom. The molecule has 1 atom stereocenters. The summed E-state index contributed by atoms with van der Waals surface area (Å²) in [6, 6.07) is 14.4. The molecule has 0 spiro atoms. The Bertz CT molecular complexity index is 932. The normalized spacial score (nSPS) is 16.3. The van der Waals surface area contributed by atoms with Crippen LogP contribution in [0, 0.1) is 0 Å². The molecule has 0 saturated carbocycles. The molecule has 5 heteroatoms. The first-order valence-corrected chi connectivity index (χ1v) is 9.11. The number of ether oxygens (including phenoxy) is 1. The molecule has 26 heavy (non-hydrogen) atoms. The fraction of sp³-hybridized carbons (Fsp3) is 0.333. The highest BCUT2D eigenvalue weighted by molar-refractivity contribution is 5.81. The van der Waals surface area contributed by atoms with Gasteiger partial charge in [-0.3, -0.25) is 9.48 Å². The molecule has 3 aromatic rings. The molecule has 0 fully saturated rings. The number of hydrogen-bond acceptors (Lipinski definition) is 3. The number of hydrogen-bond donors (Lipinski definition) is 1. The van der Waals surface area contributed by atoms with E-state index < -0.39 is 0 Å². The smallest absolute Gasteiger partial charge is 0.222 e. The van der Waals surface area contributed by atoms with Crippen molar-refractivity contribution in [2.45, 2.75) is 38.3 Å². The summed E-state index contributed by atoms with van der Waals surface area (Å²) < 4.78 is 7.12. The number of aromatic nitrogens is 2. The fourth-order valence-electron chi connectivity index (χ4n) is 3.75. The lowest BCUT2D eigenvalue weighted by molar-refractivity contribution is -0.122. The molecule has 1 amide bonds. The van der Waals surface area contributed by atoms with Crippen LogP contribution < -0.4 is 10.1 Å². The number of nitrogens with one attached hydrogen (secondary N) is 1. The first-order valence-electron chi connectivity index (χ1n) is 9.11. The number of amides is 1. The third kappa shape index (κ3) is 3.29. The van der Waals surface area contributed by atoms with Gasteiger partial charge in [0.25, 0.3) is 0 Å². The van der Waals surface area contributed by atoms with Gasteiger partial charge in [0.2, 0.25) is 5.91 Å². The Labute approximate surface area is 153 Å². The minimum absolute atomic E-state index is 0.0730. The molecule has 0 radical (unpaired) electrons. The van der Waals surface area contributed by atoms with Crippen LogP contribution in [0.4, 0.5) is 0 Å². The minimum Gasteiger partial charge on any atom is -0.497 e. The van der Waals surface area contributed by atoms with E-state index in [1.165, 1.54) is 11.1 Å². The summed E-state index contributed by atoms with van der Waals surface area (Å²) in [6.45, 7) is 0.566. The van der Waals surface area contributed by atoms with Crippen LogP contribution in [0.1, 0.15) is 36.4 Å². The monoisotopic (exact) mass is 349 g/mol. The van der Waals surface area contributed by atoms with Gasteiger partial charge in [-0.15, -0.1) is 0 Å². The number of nitrogens with zero attached hydrogens (tertiary/aromatic N) is 2. The maximum atomic E-state index is 12.5. The molecule has 0 saturated heterocycles. The summed E-state index contributed by atoms with van der Waals surface area (Å²) in [6.07, 6.45) is 5.46. The van der Waals surface area contributed by atoms with Crippen molar-refractivity contribution < 1.29 is 9.53 Å². The number of methoxy groups -OCH3 is 1. The van der Waals surface area contributed by atoms with Crippen LogP contribution in [0.2, 0.25) is 0 Å². The van der Waals surface area contributed by atoms with E-state index >= 15 is 0 Å². The van der Waals surface area contributed by atoms with Crippen LogP contribution in [-0.4, -0.2) is 22.8 Å². The van der Waals surface area contributed by atoms with Gasteiger partial charge in [-0.2, -0.15) is 5.10 Å². The van der Waals surface area contributed by atoms with Crippen molar-refractivity contribution in [3.63, 3.8) is 0 Å². The van der Waals surface area contributed by atoms with Crippen LogP contribution in [0.15, 0.2) is 48.7 Å². The Kier molecular flexibility index (Phi) is 4.61. The maximum Gasteiger partial charge on any atom is 0.222 e. The van der Waals surface area contributed by atoms with Crippen LogP contribution in [-0.2, 0) is 17.8 Å². The molecular weight excluding hydrogens is 326 g/mol. The molecule has 0 aliphatic heterocycles. The third-order valence-electron chi connectivity index (χ3n) is 5.10. The predicted octanol–water partition coefficient (Wildman–Crippen LogP) is 3.63. The topological polar surface area (TPSA) is 56.2 Å².